The first-order valence-corrected chi connectivity index (χ1v) is 4.63. The first-order chi connectivity index (χ1) is 7.18. The topological polar surface area (TPSA) is 48.1 Å². The van der Waals surface area contributed by atoms with Crippen LogP contribution in [0.4, 0.5) is 5.69 Å². The fraction of sp³-hybridized carbons (Fsp3) is 0. The summed E-state index contributed by atoms with van der Waals surface area (Å²) in [7, 11) is 0. The molecule has 76 valence electrons. The van der Waals surface area contributed by atoms with Crippen LogP contribution >= 0.6 is 11.6 Å². The number of aromatic nitrogens is 1. The Morgan fingerprint density at radius 1 is 1.27 bits per heavy atom. The maximum absolute atomic E-state index is 10.8. The van der Waals surface area contributed by atoms with Crippen molar-refractivity contribution in [1.82, 2.24) is 4.57 Å². The highest BCUT2D eigenvalue weighted by Crippen LogP contribution is 2.26. The third kappa shape index (κ3) is 1.85. The third-order valence-electron chi connectivity index (χ3n) is 2.02. The minimum Gasteiger partial charge on any atom is -0.318 e. The molecule has 0 unspecified atom stereocenters. The van der Waals surface area contributed by atoms with Gasteiger partial charge in [-0.3, -0.25) is 10.1 Å². The molecule has 2 aromatic rings. The molecular formula is C10H7ClN2O2. The summed E-state index contributed by atoms with van der Waals surface area (Å²) in [5.41, 5.74) is 0.508. The van der Waals surface area contributed by atoms with Gasteiger partial charge in [-0.05, 0) is 24.3 Å². The van der Waals surface area contributed by atoms with Crippen LogP contribution in [0.2, 0.25) is 5.02 Å². The molecule has 0 amide bonds. The van der Waals surface area contributed by atoms with Crippen LogP contribution in [0, 0.1) is 10.1 Å². The molecule has 0 atom stereocenters. The summed E-state index contributed by atoms with van der Waals surface area (Å²) in [6.07, 6.45) is 3.47. The van der Waals surface area contributed by atoms with Crippen molar-refractivity contribution in [2.24, 2.45) is 0 Å². The summed E-state index contributed by atoms with van der Waals surface area (Å²) in [5, 5.41) is 11.3. The summed E-state index contributed by atoms with van der Waals surface area (Å²) in [4.78, 5) is 10.4. The van der Waals surface area contributed by atoms with Crippen molar-refractivity contribution in [3.05, 3.63) is 57.9 Å². The smallest absolute Gasteiger partial charge is 0.293 e. The molecule has 1 aromatic heterocycles. The largest absolute Gasteiger partial charge is 0.318 e. The highest BCUT2D eigenvalue weighted by molar-refractivity contribution is 6.30. The van der Waals surface area contributed by atoms with E-state index in [4.69, 9.17) is 11.6 Å². The van der Waals surface area contributed by atoms with E-state index in [0.29, 0.717) is 10.7 Å². The molecule has 2 rings (SSSR count). The van der Waals surface area contributed by atoms with E-state index in [1.54, 1.807) is 35.2 Å². The van der Waals surface area contributed by atoms with E-state index >= 15 is 0 Å². The molecule has 0 N–H and O–H groups in total. The molecule has 0 fully saturated rings. The number of rotatable bonds is 2. The van der Waals surface area contributed by atoms with Gasteiger partial charge in [-0.25, -0.2) is 0 Å². The molecule has 0 aliphatic heterocycles. The molecule has 0 spiro atoms. The second-order valence-electron chi connectivity index (χ2n) is 2.98. The number of hydrogen-bond donors (Lipinski definition) is 0. The highest BCUT2D eigenvalue weighted by atomic mass is 35.5. The van der Waals surface area contributed by atoms with Gasteiger partial charge >= 0.3 is 0 Å². The van der Waals surface area contributed by atoms with Gasteiger partial charge in [0.15, 0.2) is 0 Å². The maximum atomic E-state index is 10.8. The molecule has 15 heavy (non-hydrogen) atoms. The normalized spacial score (nSPS) is 10.2. The lowest BCUT2D eigenvalue weighted by Crippen LogP contribution is -1.97. The zero-order chi connectivity index (χ0) is 10.8. The van der Waals surface area contributed by atoms with Crippen molar-refractivity contribution in [2.75, 3.05) is 0 Å². The number of benzene rings is 1. The van der Waals surface area contributed by atoms with Crippen LogP contribution in [0.3, 0.4) is 0 Å². The number of nitro groups is 1. The lowest BCUT2D eigenvalue weighted by atomic mass is 10.2. The van der Waals surface area contributed by atoms with Crippen LogP contribution in [-0.4, -0.2) is 9.49 Å². The van der Waals surface area contributed by atoms with Gasteiger partial charge in [0.25, 0.3) is 5.69 Å². The molecule has 0 bridgehead atoms. The molecule has 1 aromatic carbocycles. The molecule has 4 nitrogen and oxygen atoms in total. The molecule has 0 aliphatic carbocycles. The zero-order valence-corrected chi connectivity index (χ0v) is 8.39. The van der Waals surface area contributed by atoms with Gasteiger partial charge in [0.05, 0.1) is 4.92 Å². The van der Waals surface area contributed by atoms with E-state index in [2.05, 4.69) is 0 Å². The van der Waals surface area contributed by atoms with Gasteiger partial charge in [0.2, 0.25) is 0 Å². The van der Waals surface area contributed by atoms with Crippen molar-refractivity contribution in [3.8, 4) is 5.69 Å². The van der Waals surface area contributed by atoms with Crippen LogP contribution in [0.5, 0.6) is 0 Å². The van der Waals surface area contributed by atoms with E-state index in [-0.39, 0.29) is 5.69 Å². The Balaban J connectivity index is 2.63. The standard InChI is InChI=1S/C10H7ClN2O2/c11-8-3-4-9(13(14)15)10(7-8)12-5-1-2-6-12/h1-7H. The fourth-order valence-corrected chi connectivity index (χ4v) is 1.52. The zero-order valence-electron chi connectivity index (χ0n) is 7.63. The van der Waals surface area contributed by atoms with Gasteiger partial charge < -0.3 is 4.57 Å². The Morgan fingerprint density at radius 2 is 1.93 bits per heavy atom. The summed E-state index contributed by atoms with van der Waals surface area (Å²) >= 11 is 5.80. The number of halogens is 1. The van der Waals surface area contributed by atoms with Crippen molar-refractivity contribution in [1.29, 1.82) is 0 Å². The van der Waals surface area contributed by atoms with Crippen LogP contribution in [0.15, 0.2) is 42.7 Å². The van der Waals surface area contributed by atoms with E-state index < -0.39 is 4.92 Å². The average molecular weight is 223 g/mol. The van der Waals surface area contributed by atoms with E-state index in [1.807, 2.05) is 0 Å². The Bertz CT molecular complexity index is 494. The van der Waals surface area contributed by atoms with Gasteiger partial charge in [-0.1, -0.05) is 11.6 Å². The summed E-state index contributed by atoms with van der Waals surface area (Å²) in [6, 6.07) is 8.07. The molecule has 0 aliphatic rings. The van der Waals surface area contributed by atoms with Gasteiger partial charge in [-0.2, -0.15) is 0 Å². The molecule has 5 heteroatoms. The van der Waals surface area contributed by atoms with Crippen LogP contribution in [0.1, 0.15) is 0 Å². The Labute approximate surface area is 90.9 Å². The van der Waals surface area contributed by atoms with Crippen LogP contribution in [0.25, 0.3) is 5.69 Å². The van der Waals surface area contributed by atoms with Crippen molar-refractivity contribution in [3.63, 3.8) is 0 Å². The maximum Gasteiger partial charge on any atom is 0.293 e. The molecule has 1 heterocycles. The minimum atomic E-state index is -0.425. The SMILES string of the molecule is O=[N+]([O-])c1ccc(Cl)cc1-n1cccc1. The monoisotopic (exact) mass is 222 g/mol. The Kier molecular flexibility index (Phi) is 2.43. The first kappa shape index (κ1) is 9.73. The lowest BCUT2D eigenvalue weighted by Gasteiger charge is -2.04. The van der Waals surface area contributed by atoms with Crippen molar-refractivity contribution in [2.45, 2.75) is 0 Å². The first-order valence-electron chi connectivity index (χ1n) is 4.26. The summed E-state index contributed by atoms with van der Waals surface area (Å²) < 4.78 is 1.66. The van der Waals surface area contributed by atoms with E-state index in [0.717, 1.165) is 0 Å². The molecular weight excluding hydrogens is 216 g/mol. The van der Waals surface area contributed by atoms with Gasteiger partial charge in [0.1, 0.15) is 5.69 Å². The van der Waals surface area contributed by atoms with Crippen LogP contribution < -0.4 is 0 Å². The number of nitrogens with zero attached hydrogens (tertiary/aromatic N) is 2. The third-order valence-corrected chi connectivity index (χ3v) is 2.25. The van der Waals surface area contributed by atoms with Crippen LogP contribution in [-0.2, 0) is 0 Å². The number of nitro benzene ring substituents is 1. The summed E-state index contributed by atoms with van der Waals surface area (Å²) in [6.45, 7) is 0. The van der Waals surface area contributed by atoms with Crippen molar-refractivity contribution >= 4 is 17.3 Å². The lowest BCUT2D eigenvalue weighted by molar-refractivity contribution is -0.384. The Hall–Kier alpha value is -1.81. The molecule has 0 radical (unpaired) electrons. The second kappa shape index (κ2) is 3.74. The Morgan fingerprint density at radius 3 is 2.53 bits per heavy atom. The van der Waals surface area contributed by atoms with Gasteiger partial charge in [-0.15, -0.1) is 0 Å². The minimum absolute atomic E-state index is 0.0376. The predicted octanol–water partition coefficient (Wildman–Crippen LogP) is 3.04. The summed E-state index contributed by atoms with van der Waals surface area (Å²) in [5.74, 6) is 0. The second-order valence-corrected chi connectivity index (χ2v) is 3.42. The average Bonchev–Trinajstić information content (AvgIpc) is 2.69. The predicted molar refractivity (Wildman–Crippen MR) is 57.4 cm³/mol. The quantitative estimate of drug-likeness (QED) is 0.579. The molecule has 0 saturated heterocycles. The van der Waals surface area contributed by atoms with E-state index in [1.165, 1.54) is 12.1 Å². The van der Waals surface area contributed by atoms with Gasteiger partial charge in [0, 0.05) is 23.5 Å². The number of hydrogen-bond acceptors (Lipinski definition) is 2. The highest BCUT2D eigenvalue weighted by Gasteiger charge is 2.14. The van der Waals surface area contributed by atoms with E-state index in [9.17, 15) is 10.1 Å². The van der Waals surface area contributed by atoms with Crippen molar-refractivity contribution < 1.29 is 4.92 Å². The molecule has 0 saturated carbocycles. The fourth-order valence-electron chi connectivity index (χ4n) is 1.35.